The molecule has 0 saturated carbocycles. The lowest BCUT2D eigenvalue weighted by Crippen LogP contribution is -2.36. The summed E-state index contributed by atoms with van der Waals surface area (Å²) in [5.74, 6) is 0.298. The molecule has 0 N–H and O–H groups in total. The molecule has 1 aromatic rings. The van der Waals surface area contributed by atoms with Crippen LogP contribution in [0, 0.1) is 0 Å². The molecule has 21 heavy (non-hydrogen) atoms. The number of hydrogen-bond acceptors (Lipinski definition) is 2. The first kappa shape index (κ1) is 14.6. The van der Waals surface area contributed by atoms with Gasteiger partial charge >= 0.3 is 0 Å². The summed E-state index contributed by atoms with van der Waals surface area (Å²) in [5, 5.41) is 0. The van der Waals surface area contributed by atoms with E-state index in [1.165, 1.54) is 50.9 Å². The van der Waals surface area contributed by atoms with E-state index >= 15 is 0 Å². The molecule has 0 atom stereocenters. The van der Waals surface area contributed by atoms with Gasteiger partial charge in [-0.3, -0.25) is 4.79 Å². The predicted octanol–water partition coefficient (Wildman–Crippen LogP) is 3.23. The smallest absolute Gasteiger partial charge is 0.227 e. The lowest BCUT2D eigenvalue weighted by atomic mass is 10.0. The van der Waals surface area contributed by atoms with E-state index in [0.717, 1.165) is 25.1 Å². The van der Waals surface area contributed by atoms with E-state index in [-0.39, 0.29) is 0 Å². The van der Waals surface area contributed by atoms with Crippen molar-refractivity contribution < 1.29 is 4.79 Å². The maximum absolute atomic E-state index is 12.2. The quantitative estimate of drug-likeness (QED) is 0.776. The molecule has 2 heterocycles. The van der Waals surface area contributed by atoms with E-state index in [9.17, 15) is 4.79 Å². The number of likely N-dealkylation sites (tertiary alicyclic amines) is 1. The Labute approximate surface area is 127 Å². The van der Waals surface area contributed by atoms with Gasteiger partial charge in [-0.15, -0.1) is 0 Å². The number of benzene rings is 1. The summed E-state index contributed by atoms with van der Waals surface area (Å²) in [6, 6.07) is 8.36. The van der Waals surface area contributed by atoms with Crippen LogP contribution in [0.5, 0.6) is 0 Å². The van der Waals surface area contributed by atoms with Gasteiger partial charge in [0.15, 0.2) is 0 Å². The molecular formula is C18H26N2O. The van der Waals surface area contributed by atoms with Crippen molar-refractivity contribution in [2.75, 3.05) is 31.1 Å². The molecule has 1 saturated heterocycles. The van der Waals surface area contributed by atoms with E-state index in [1.807, 2.05) is 11.0 Å². The lowest BCUT2D eigenvalue weighted by Gasteiger charge is -2.30. The molecule has 0 radical (unpaired) electrons. The van der Waals surface area contributed by atoms with Crippen molar-refractivity contribution in [1.82, 2.24) is 4.90 Å². The van der Waals surface area contributed by atoms with E-state index < -0.39 is 0 Å². The third kappa shape index (κ3) is 3.65. The van der Waals surface area contributed by atoms with Crippen LogP contribution in [0.25, 0.3) is 0 Å². The highest BCUT2D eigenvalue weighted by atomic mass is 16.2. The van der Waals surface area contributed by atoms with Crippen LogP contribution in [0.3, 0.4) is 0 Å². The molecular weight excluding hydrogens is 260 g/mol. The van der Waals surface area contributed by atoms with Gasteiger partial charge in [0, 0.05) is 18.7 Å². The molecule has 3 heteroatoms. The molecule has 1 fully saturated rings. The summed E-state index contributed by atoms with van der Waals surface area (Å²) >= 11 is 0. The Morgan fingerprint density at radius 3 is 2.52 bits per heavy atom. The SMILES string of the molecule is O=C1CCc2ccccc2N1CCCCN1CCCCC1. The van der Waals surface area contributed by atoms with E-state index in [1.54, 1.807) is 0 Å². The summed E-state index contributed by atoms with van der Waals surface area (Å²) in [5.41, 5.74) is 2.47. The van der Waals surface area contributed by atoms with E-state index in [2.05, 4.69) is 23.1 Å². The van der Waals surface area contributed by atoms with Crippen LogP contribution in [-0.4, -0.2) is 37.0 Å². The van der Waals surface area contributed by atoms with Crippen molar-refractivity contribution in [3.63, 3.8) is 0 Å². The average Bonchev–Trinajstić information content (AvgIpc) is 2.54. The number of hydrogen-bond donors (Lipinski definition) is 0. The number of aryl methyl sites for hydroxylation is 1. The molecule has 0 unspecified atom stereocenters. The van der Waals surface area contributed by atoms with E-state index in [0.29, 0.717) is 12.3 Å². The summed E-state index contributed by atoms with van der Waals surface area (Å²) in [4.78, 5) is 16.8. The molecule has 0 bridgehead atoms. The maximum atomic E-state index is 12.2. The molecule has 1 amide bonds. The van der Waals surface area contributed by atoms with Gasteiger partial charge in [0.1, 0.15) is 0 Å². The van der Waals surface area contributed by atoms with Crippen LogP contribution in [0.1, 0.15) is 44.1 Å². The highest BCUT2D eigenvalue weighted by Crippen LogP contribution is 2.27. The first-order chi connectivity index (χ1) is 10.3. The summed E-state index contributed by atoms with van der Waals surface area (Å²) < 4.78 is 0. The molecule has 2 aliphatic heterocycles. The molecule has 3 rings (SSSR count). The zero-order valence-electron chi connectivity index (χ0n) is 12.9. The fourth-order valence-electron chi connectivity index (χ4n) is 3.53. The Kier molecular flexibility index (Phi) is 4.91. The molecule has 0 aromatic heterocycles. The first-order valence-electron chi connectivity index (χ1n) is 8.45. The average molecular weight is 286 g/mol. The second kappa shape index (κ2) is 7.08. The van der Waals surface area contributed by atoms with Gasteiger partial charge in [-0.05, 0) is 63.4 Å². The van der Waals surface area contributed by atoms with Gasteiger partial charge in [0.25, 0.3) is 0 Å². The number of unbranched alkanes of at least 4 members (excludes halogenated alkanes) is 1. The van der Waals surface area contributed by atoms with Gasteiger partial charge < -0.3 is 9.80 Å². The number of piperidine rings is 1. The minimum absolute atomic E-state index is 0.298. The Morgan fingerprint density at radius 1 is 0.905 bits per heavy atom. The van der Waals surface area contributed by atoms with Gasteiger partial charge in [-0.1, -0.05) is 24.6 Å². The molecule has 2 aliphatic rings. The summed E-state index contributed by atoms with van der Waals surface area (Å²) in [7, 11) is 0. The number of carbonyl (C=O) groups is 1. The highest BCUT2D eigenvalue weighted by molar-refractivity contribution is 5.96. The summed E-state index contributed by atoms with van der Waals surface area (Å²) in [6.45, 7) is 4.62. The van der Waals surface area contributed by atoms with Crippen LogP contribution in [0.15, 0.2) is 24.3 Å². The molecule has 0 aliphatic carbocycles. The number of carbonyl (C=O) groups excluding carboxylic acids is 1. The Hall–Kier alpha value is -1.35. The zero-order chi connectivity index (χ0) is 14.5. The highest BCUT2D eigenvalue weighted by Gasteiger charge is 2.23. The Bertz CT molecular complexity index is 480. The number of para-hydroxylation sites is 1. The standard InChI is InChI=1S/C18H26N2O/c21-18-11-10-16-8-2-3-9-17(16)20(18)15-7-6-14-19-12-4-1-5-13-19/h2-3,8-9H,1,4-7,10-15H2. The van der Waals surface area contributed by atoms with E-state index in [4.69, 9.17) is 0 Å². The normalized spacial score (nSPS) is 19.6. The van der Waals surface area contributed by atoms with Crippen LogP contribution < -0.4 is 4.90 Å². The molecule has 0 spiro atoms. The Balaban J connectivity index is 1.49. The number of anilines is 1. The van der Waals surface area contributed by atoms with Crippen LogP contribution in [0.4, 0.5) is 5.69 Å². The second-order valence-corrected chi connectivity index (χ2v) is 6.28. The van der Waals surface area contributed by atoms with Gasteiger partial charge in [-0.25, -0.2) is 0 Å². The first-order valence-corrected chi connectivity index (χ1v) is 8.45. The number of rotatable bonds is 5. The number of nitrogens with zero attached hydrogens (tertiary/aromatic N) is 2. The zero-order valence-corrected chi connectivity index (χ0v) is 12.9. The summed E-state index contributed by atoms with van der Waals surface area (Å²) in [6.07, 6.45) is 8.00. The molecule has 3 nitrogen and oxygen atoms in total. The third-order valence-electron chi connectivity index (χ3n) is 4.75. The van der Waals surface area contributed by atoms with Crippen LogP contribution in [-0.2, 0) is 11.2 Å². The van der Waals surface area contributed by atoms with Crippen molar-refractivity contribution in [1.29, 1.82) is 0 Å². The molecule has 114 valence electrons. The van der Waals surface area contributed by atoms with Crippen molar-refractivity contribution in [3.8, 4) is 0 Å². The third-order valence-corrected chi connectivity index (χ3v) is 4.75. The predicted molar refractivity (Wildman–Crippen MR) is 86.6 cm³/mol. The van der Waals surface area contributed by atoms with Crippen molar-refractivity contribution in [3.05, 3.63) is 29.8 Å². The van der Waals surface area contributed by atoms with Gasteiger partial charge in [0.05, 0.1) is 0 Å². The fourth-order valence-corrected chi connectivity index (χ4v) is 3.53. The largest absolute Gasteiger partial charge is 0.312 e. The van der Waals surface area contributed by atoms with Gasteiger partial charge in [-0.2, -0.15) is 0 Å². The maximum Gasteiger partial charge on any atom is 0.227 e. The lowest BCUT2D eigenvalue weighted by molar-refractivity contribution is -0.118. The topological polar surface area (TPSA) is 23.6 Å². The van der Waals surface area contributed by atoms with Crippen molar-refractivity contribution in [2.24, 2.45) is 0 Å². The monoisotopic (exact) mass is 286 g/mol. The fraction of sp³-hybridized carbons (Fsp3) is 0.611. The Morgan fingerprint density at radius 2 is 1.67 bits per heavy atom. The number of amides is 1. The minimum atomic E-state index is 0.298. The van der Waals surface area contributed by atoms with Gasteiger partial charge in [0.2, 0.25) is 5.91 Å². The minimum Gasteiger partial charge on any atom is -0.312 e. The number of fused-ring (bicyclic) bond motifs is 1. The molecule has 1 aromatic carbocycles. The van der Waals surface area contributed by atoms with Crippen LogP contribution >= 0.6 is 0 Å². The van der Waals surface area contributed by atoms with Crippen molar-refractivity contribution >= 4 is 11.6 Å². The van der Waals surface area contributed by atoms with Crippen LogP contribution in [0.2, 0.25) is 0 Å². The second-order valence-electron chi connectivity index (χ2n) is 6.28. The van der Waals surface area contributed by atoms with Crippen molar-refractivity contribution in [2.45, 2.75) is 44.9 Å².